The molecule has 2 atom stereocenters. The molecule has 7 nitrogen and oxygen atoms in total. The maximum absolute atomic E-state index is 12.0. The van der Waals surface area contributed by atoms with E-state index < -0.39 is 0 Å². The van der Waals surface area contributed by atoms with Crippen LogP contribution < -0.4 is 10.2 Å². The Labute approximate surface area is 254 Å². The zero-order valence-electron chi connectivity index (χ0n) is 23.8. The number of aromatic nitrogens is 2. The number of piperidine rings is 1. The smallest absolute Gasteiger partial charge is 0.252 e. The topological polar surface area (TPSA) is 64.6 Å². The van der Waals surface area contributed by atoms with Crippen LogP contribution in [0.2, 0.25) is 10.0 Å². The SMILES string of the molecule is CC[C@H]1CN(c2ncc(C(=O)NC)cc2Cl)CCN1C1CCN(C2c3ccc(Cl)cc3CCc3cccnc32)CC1.[HH]. The highest BCUT2D eigenvalue weighted by molar-refractivity contribution is 6.33. The maximum atomic E-state index is 12.0. The standard InChI is InChI=1S/C32H38Cl2N6O.H2/c1-3-25-20-39(31-28(34)18-23(19-37-31)32(41)35-2)15-16-40(25)26-10-13-38(14-11-26)30-27-9-8-24(33)17-22(27)7-6-21-5-4-12-36-29(21)30;/h4-5,8-9,12,17-19,25-26,30H,3,6-7,10-11,13-16,20H2,1-2H3,(H,35,41);1H/t25-,30?;/m0./s1. The molecule has 9 heteroatoms. The van der Waals surface area contributed by atoms with Gasteiger partial charge in [0, 0.05) is 70.7 Å². The molecule has 0 bridgehead atoms. The van der Waals surface area contributed by atoms with E-state index in [9.17, 15) is 4.79 Å². The van der Waals surface area contributed by atoms with Crippen molar-refractivity contribution >= 4 is 34.9 Å². The van der Waals surface area contributed by atoms with Crippen LogP contribution in [0.25, 0.3) is 0 Å². The molecule has 0 radical (unpaired) electrons. The Balaban J connectivity index is 0.00000353. The number of halogens is 2. The Hall–Kier alpha value is -2.71. The minimum absolute atomic E-state index is 0. The minimum atomic E-state index is -0.177. The Morgan fingerprint density at radius 3 is 2.61 bits per heavy atom. The average molecular weight is 596 g/mol. The van der Waals surface area contributed by atoms with E-state index in [-0.39, 0.29) is 13.4 Å². The summed E-state index contributed by atoms with van der Waals surface area (Å²) in [6.07, 6.45) is 8.90. The number of nitrogens with one attached hydrogen (secondary N) is 1. The number of aryl methyl sites for hydroxylation is 2. The molecular formula is C32H40Cl2N6O. The number of carbonyl (C=O) groups is 1. The largest absolute Gasteiger partial charge is 0.355 e. The van der Waals surface area contributed by atoms with Crippen molar-refractivity contribution in [1.29, 1.82) is 0 Å². The normalized spacial score (nSPS) is 22.1. The molecule has 6 rings (SSSR count). The van der Waals surface area contributed by atoms with Gasteiger partial charge in [-0.1, -0.05) is 42.3 Å². The van der Waals surface area contributed by atoms with Crippen molar-refractivity contribution in [1.82, 2.24) is 25.1 Å². The molecule has 3 aliphatic rings. The van der Waals surface area contributed by atoms with Crippen LogP contribution in [-0.2, 0) is 12.8 Å². The molecule has 41 heavy (non-hydrogen) atoms. The number of fused-ring (bicyclic) bond motifs is 2. The van der Waals surface area contributed by atoms with E-state index in [0.29, 0.717) is 22.7 Å². The lowest BCUT2D eigenvalue weighted by Gasteiger charge is -2.48. The van der Waals surface area contributed by atoms with Crippen LogP contribution in [-0.4, -0.2) is 77.5 Å². The van der Waals surface area contributed by atoms with Crippen molar-refractivity contribution < 1.29 is 6.22 Å². The van der Waals surface area contributed by atoms with Crippen molar-refractivity contribution in [2.45, 2.75) is 57.2 Å². The predicted molar refractivity (Wildman–Crippen MR) is 167 cm³/mol. The first-order valence-electron chi connectivity index (χ1n) is 14.8. The summed E-state index contributed by atoms with van der Waals surface area (Å²) in [5.74, 6) is 0.592. The molecule has 218 valence electrons. The van der Waals surface area contributed by atoms with E-state index in [1.54, 1.807) is 19.3 Å². The van der Waals surface area contributed by atoms with Crippen LogP contribution in [0.15, 0.2) is 48.8 Å². The number of pyridine rings is 2. The molecule has 1 aliphatic carbocycles. The lowest BCUT2D eigenvalue weighted by molar-refractivity contribution is 0.0538. The molecule has 0 saturated carbocycles. The number of likely N-dealkylation sites (tertiary alicyclic amines) is 1. The van der Waals surface area contributed by atoms with E-state index in [1.165, 1.54) is 22.4 Å². The fourth-order valence-corrected chi connectivity index (χ4v) is 7.55. The fourth-order valence-electron chi connectivity index (χ4n) is 7.07. The molecule has 2 saturated heterocycles. The van der Waals surface area contributed by atoms with Gasteiger partial charge in [0.2, 0.25) is 0 Å². The van der Waals surface area contributed by atoms with Crippen molar-refractivity contribution in [2.24, 2.45) is 0 Å². The molecule has 1 unspecified atom stereocenters. The Bertz CT molecular complexity index is 1420. The molecule has 0 spiro atoms. The second kappa shape index (κ2) is 12.3. The van der Waals surface area contributed by atoms with Gasteiger partial charge in [-0.2, -0.15) is 0 Å². The molecular weight excluding hydrogens is 555 g/mol. The van der Waals surface area contributed by atoms with Gasteiger partial charge >= 0.3 is 0 Å². The molecule has 2 fully saturated rings. The second-order valence-corrected chi connectivity index (χ2v) is 12.3. The number of hydrogen-bond acceptors (Lipinski definition) is 6. The maximum Gasteiger partial charge on any atom is 0.252 e. The third-order valence-corrected chi connectivity index (χ3v) is 9.70. The molecule has 1 N–H and O–H groups in total. The van der Waals surface area contributed by atoms with Gasteiger partial charge in [0.15, 0.2) is 0 Å². The van der Waals surface area contributed by atoms with Gasteiger partial charge in [-0.3, -0.25) is 19.6 Å². The number of amides is 1. The summed E-state index contributed by atoms with van der Waals surface area (Å²) in [6, 6.07) is 13.6. The van der Waals surface area contributed by atoms with Gasteiger partial charge in [-0.05, 0) is 73.1 Å². The van der Waals surface area contributed by atoms with Crippen molar-refractivity contribution in [3.63, 3.8) is 0 Å². The summed E-state index contributed by atoms with van der Waals surface area (Å²) in [5, 5.41) is 3.97. The summed E-state index contributed by atoms with van der Waals surface area (Å²) in [7, 11) is 1.61. The highest BCUT2D eigenvalue weighted by Crippen LogP contribution is 2.39. The molecule has 4 heterocycles. The molecule has 2 aromatic heterocycles. The van der Waals surface area contributed by atoms with Crippen LogP contribution >= 0.6 is 23.2 Å². The van der Waals surface area contributed by atoms with Crippen LogP contribution in [0.3, 0.4) is 0 Å². The first kappa shape index (κ1) is 28.4. The van der Waals surface area contributed by atoms with Crippen LogP contribution in [0.5, 0.6) is 0 Å². The zero-order valence-corrected chi connectivity index (χ0v) is 25.3. The lowest BCUT2D eigenvalue weighted by Crippen LogP contribution is -2.58. The number of carbonyl (C=O) groups excluding carboxylic acids is 1. The van der Waals surface area contributed by atoms with Crippen molar-refractivity contribution in [3.05, 3.63) is 86.8 Å². The lowest BCUT2D eigenvalue weighted by atomic mass is 9.92. The van der Waals surface area contributed by atoms with Crippen LogP contribution in [0.4, 0.5) is 5.82 Å². The average Bonchev–Trinajstić information content (AvgIpc) is 3.17. The van der Waals surface area contributed by atoms with E-state index in [0.717, 1.165) is 75.7 Å². The van der Waals surface area contributed by atoms with Crippen LogP contribution in [0.1, 0.15) is 66.4 Å². The predicted octanol–water partition coefficient (Wildman–Crippen LogP) is 5.64. The molecule has 2 aliphatic heterocycles. The zero-order chi connectivity index (χ0) is 28.5. The Morgan fingerprint density at radius 1 is 1.05 bits per heavy atom. The summed E-state index contributed by atoms with van der Waals surface area (Å²) in [4.78, 5) is 29.2. The third kappa shape index (κ3) is 5.70. The third-order valence-electron chi connectivity index (χ3n) is 9.19. The van der Waals surface area contributed by atoms with E-state index >= 15 is 0 Å². The van der Waals surface area contributed by atoms with Gasteiger partial charge in [0.25, 0.3) is 5.91 Å². The number of hydrogen-bond donors (Lipinski definition) is 1. The molecule has 1 amide bonds. The molecule has 3 aromatic rings. The Kier molecular flexibility index (Phi) is 8.50. The van der Waals surface area contributed by atoms with E-state index in [1.807, 2.05) is 12.3 Å². The summed E-state index contributed by atoms with van der Waals surface area (Å²) >= 11 is 13.0. The second-order valence-electron chi connectivity index (χ2n) is 11.4. The summed E-state index contributed by atoms with van der Waals surface area (Å²) in [6.45, 7) is 7.09. The fraction of sp³-hybridized carbons (Fsp3) is 0.469. The summed E-state index contributed by atoms with van der Waals surface area (Å²) in [5.41, 5.74) is 5.75. The number of nitrogens with zero attached hydrogens (tertiary/aromatic N) is 5. The van der Waals surface area contributed by atoms with E-state index in [2.05, 4.69) is 56.2 Å². The van der Waals surface area contributed by atoms with Gasteiger partial charge in [0.1, 0.15) is 5.82 Å². The monoisotopic (exact) mass is 594 g/mol. The quantitative estimate of drug-likeness (QED) is 0.412. The minimum Gasteiger partial charge on any atom is -0.355 e. The number of anilines is 1. The first-order chi connectivity index (χ1) is 20.0. The van der Waals surface area contributed by atoms with Crippen molar-refractivity contribution in [2.75, 3.05) is 44.7 Å². The number of piperazine rings is 1. The van der Waals surface area contributed by atoms with E-state index in [4.69, 9.17) is 28.2 Å². The number of benzene rings is 1. The van der Waals surface area contributed by atoms with Gasteiger partial charge in [0.05, 0.1) is 22.3 Å². The van der Waals surface area contributed by atoms with Crippen molar-refractivity contribution in [3.8, 4) is 0 Å². The van der Waals surface area contributed by atoms with Crippen LogP contribution in [0, 0.1) is 0 Å². The first-order valence-corrected chi connectivity index (χ1v) is 15.6. The van der Waals surface area contributed by atoms with Gasteiger partial charge < -0.3 is 10.2 Å². The molecule has 1 aromatic carbocycles. The highest BCUT2D eigenvalue weighted by atomic mass is 35.5. The number of rotatable bonds is 5. The highest BCUT2D eigenvalue weighted by Gasteiger charge is 2.37. The van der Waals surface area contributed by atoms with Gasteiger partial charge in [-0.25, -0.2) is 4.98 Å². The Morgan fingerprint density at radius 2 is 1.85 bits per heavy atom. The van der Waals surface area contributed by atoms with Gasteiger partial charge in [-0.15, -0.1) is 0 Å². The summed E-state index contributed by atoms with van der Waals surface area (Å²) < 4.78 is 0.